The fourth-order valence-corrected chi connectivity index (χ4v) is 2.64. The van der Waals surface area contributed by atoms with Crippen molar-refractivity contribution in [1.29, 1.82) is 0 Å². The van der Waals surface area contributed by atoms with E-state index in [2.05, 4.69) is 19.1 Å². The third-order valence-electron chi connectivity index (χ3n) is 2.35. The molecule has 1 unspecified atom stereocenters. The average molecular weight is 209 g/mol. The van der Waals surface area contributed by atoms with E-state index in [4.69, 9.17) is 10.5 Å². The smallest absolute Gasteiger partial charge is 0.0589 e. The lowest BCUT2D eigenvalue weighted by Gasteiger charge is -2.10. The van der Waals surface area contributed by atoms with Crippen molar-refractivity contribution in [2.75, 3.05) is 18.9 Å². The van der Waals surface area contributed by atoms with Crippen LogP contribution in [-0.2, 0) is 4.74 Å². The molecule has 0 bridgehead atoms. The maximum atomic E-state index is 5.94. The molecule has 0 spiro atoms. The fourth-order valence-electron chi connectivity index (χ4n) is 1.56. The van der Waals surface area contributed by atoms with Gasteiger partial charge < -0.3 is 10.5 Å². The summed E-state index contributed by atoms with van der Waals surface area (Å²) in [6.07, 6.45) is 1.14. The molecule has 2 N–H and O–H groups in total. The van der Waals surface area contributed by atoms with Crippen molar-refractivity contribution in [3.05, 3.63) is 23.8 Å². The first-order valence-electron chi connectivity index (χ1n) is 4.86. The molecule has 0 aliphatic carbocycles. The van der Waals surface area contributed by atoms with Crippen LogP contribution < -0.4 is 5.73 Å². The van der Waals surface area contributed by atoms with Crippen LogP contribution in [0.25, 0.3) is 0 Å². The summed E-state index contributed by atoms with van der Waals surface area (Å²) >= 11 is 1.84. The summed E-state index contributed by atoms with van der Waals surface area (Å²) in [5, 5.41) is 0.583. The van der Waals surface area contributed by atoms with Crippen LogP contribution in [0.3, 0.4) is 0 Å². The van der Waals surface area contributed by atoms with Crippen LogP contribution in [0.15, 0.2) is 23.1 Å². The Morgan fingerprint density at radius 2 is 2.36 bits per heavy atom. The van der Waals surface area contributed by atoms with Crippen molar-refractivity contribution in [2.24, 2.45) is 0 Å². The number of anilines is 1. The van der Waals surface area contributed by atoms with Gasteiger partial charge in [0.2, 0.25) is 0 Å². The monoisotopic (exact) mass is 209 g/mol. The minimum absolute atomic E-state index is 0.583. The molecule has 14 heavy (non-hydrogen) atoms. The number of ether oxygens (including phenoxy) is 1. The molecule has 1 aliphatic heterocycles. The summed E-state index contributed by atoms with van der Waals surface area (Å²) in [7, 11) is 0. The topological polar surface area (TPSA) is 35.2 Å². The lowest BCUT2D eigenvalue weighted by Crippen LogP contribution is -2.01. The highest BCUT2D eigenvalue weighted by Gasteiger charge is 2.17. The van der Waals surface area contributed by atoms with Gasteiger partial charge in [-0.05, 0) is 31.0 Å². The molecule has 3 heteroatoms. The summed E-state index contributed by atoms with van der Waals surface area (Å²) in [4.78, 5) is 1.19. The van der Waals surface area contributed by atoms with Crippen LogP contribution in [0, 0.1) is 6.92 Å². The average Bonchev–Trinajstić information content (AvgIpc) is 2.62. The van der Waals surface area contributed by atoms with E-state index in [-0.39, 0.29) is 0 Å². The van der Waals surface area contributed by atoms with Crippen LogP contribution in [-0.4, -0.2) is 18.5 Å². The van der Waals surface area contributed by atoms with E-state index in [1.807, 2.05) is 17.8 Å². The lowest BCUT2D eigenvalue weighted by atomic mass is 10.2. The van der Waals surface area contributed by atoms with Gasteiger partial charge in [0.25, 0.3) is 0 Å². The highest BCUT2D eigenvalue weighted by atomic mass is 32.2. The Balaban J connectivity index is 2.08. The zero-order valence-corrected chi connectivity index (χ0v) is 9.14. The molecular weight excluding hydrogens is 194 g/mol. The minimum atomic E-state index is 0.583. The Kier molecular flexibility index (Phi) is 2.99. The number of hydrogen-bond acceptors (Lipinski definition) is 3. The fraction of sp³-hybridized carbons (Fsp3) is 0.455. The molecule has 0 aromatic heterocycles. The molecule has 0 radical (unpaired) electrons. The molecule has 2 rings (SSSR count). The number of nitrogen functional groups attached to an aromatic ring is 1. The van der Waals surface area contributed by atoms with Gasteiger partial charge in [0, 0.05) is 22.4 Å². The van der Waals surface area contributed by atoms with Gasteiger partial charge in [0.1, 0.15) is 0 Å². The van der Waals surface area contributed by atoms with Crippen LogP contribution in [0.2, 0.25) is 0 Å². The predicted octanol–water partition coefficient (Wildman–Crippen LogP) is 2.46. The normalized spacial score (nSPS) is 21.4. The van der Waals surface area contributed by atoms with Gasteiger partial charge >= 0.3 is 0 Å². The zero-order chi connectivity index (χ0) is 9.97. The Morgan fingerprint density at radius 3 is 3.00 bits per heavy atom. The van der Waals surface area contributed by atoms with E-state index in [0.717, 1.165) is 25.3 Å². The highest BCUT2D eigenvalue weighted by molar-refractivity contribution is 8.00. The van der Waals surface area contributed by atoms with Crippen molar-refractivity contribution in [1.82, 2.24) is 0 Å². The SMILES string of the molecule is Cc1ccc(SC2CCOC2)c(N)c1. The largest absolute Gasteiger partial charge is 0.398 e. The quantitative estimate of drug-likeness (QED) is 0.760. The maximum Gasteiger partial charge on any atom is 0.0589 e. The first-order chi connectivity index (χ1) is 6.75. The molecule has 1 aromatic rings. The van der Waals surface area contributed by atoms with Crippen molar-refractivity contribution < 1.29 is 4.74 Å². The molecule has 1 aromatic carbocycles. The first kappa shape index (κ1) is 9.87. The second-order valence-corrected chi connectivity index (χ2v) is 4.99. The molecule has 1 aliphatic rings. The van der Waals surface area contributed by atoms with Gasteiger partial charge in [-0.25, -0.2) is 0 Å². The summed E-state index contributed by atoms with van der Waals surface area (Å²) in [6.45, 7) is 3.81. The van der Waals surface area contributed by atoms with Crippen molar-refractivity contribution in [3.63, 3.8) is 0 Å². The van der Waals surface area contributed by atoms with E-state index >= 15 is 0 Å². The second kappa shape index (κ2) is 4.24. The molecule has 0 amide bonds. The molecular formula is C11H15NOS. The van der Waals surface area contributed by atoms with E-state index < -0.39 is 0 Å². The molecule has 76 valence electrons. The third-order valence-corrected chi connectivity index (χ3v) is 3.68. The van der Waals surface area contributed by atoms with Crippen LogP contribution in [0.4, 0.5) is 5.69 Å². The third kappa shape index (κ3) is 2.22. The molecule has 1 heterocycles. The Hall–Kier alpha value is -0.670. The van der Waals surface area contributed by atoms with Gasteiger partial charge in [-0.15, -0.1) is 11.8 Å². The molecule has 1 saturated heterocycles. The van der Waals surface area contributed by atoms with Crippen LogP contribution in [0.1, 0.15) is 12.0 Å². The summed E-state index contributed by atoms with van der Waals surface area (Å²) in [5.74, 6) is 0. The van der Waals surface area contributed by atoms with Gasteiger partial charge in [0.05, 0.1) is 6.61 Å². The summed E-state index contributed by atoms with van der Waals surface area (Å²) in [5.41, 5.74) is 8.05. The van der Waals surface area contributed by atoms with E-state index in [1.165, 1.54) is 10.5 Å². The van der Waals surface area contributed by atoms with Crippen molar-refractivity contribution in [2.45, 2.75) is 23.5 Å². The number of benzene rings is 1. The summed E-state index contributed by atoms with van der Waals surface area (Å²) < 4.78 is 5.33. The highest BCUT2D eigenvalue weighted by Crippen LogP contribution is 2.32. The number of rotatable bonds is 2. The Morgan fingerprint density at radius 1 is 1.50 bits per heavy atom. The molecule has 1 fully saturated rings. The first-order valence-corrected chi connectivity index (χ1v) is 5.74. The lowest BCUT2D eigenvalue weighted by molar-refractivity contribution is 0.199. The minimum Gasteiger partial charge on any atom is -0.398 e. The van der Waals surface area contributed by atoms with E-state index in [9.17, 15) is 0 Å². The number of nitrogens with two attached hydrogens (primary N) is 1. The van der Waals surface area contributed by atoms with Crippen LogP contribution >= 0.6 is 11.8 Å². The Bertz CT molecular complexity index is 321. The molecule has 1 atom stereocenters. The Labute approximate surface area is 88.8 Å². The number of thioether (sulfide) groups is 1. The van der Waals surface area contributed by atoms with Crippen molar-refractivity contribution in [3.8, 4) is 0 Å². The maximum absolute atomic E-state index is 5.94. The van der Waals surface area contributed by atoms with Gasteiger partial charge in [-0.2, -0.15) is 0 Å². The number of hydrogen-bond donors (Lipinski definition) is 1. The van der Waals surface area contributed by atoms with E-state index in [0.29, 0.717) is 5.25 Å². The van der Waals surface area contributed by atoms with Gasteiger partial charge in [-0.3, -0.25) is 0 Å². The predicted molar refractivity (Wildman–Crippen MR) is 60.7 cm³/mol. The standard InChI is InChI=1S/C11H15NOS/c1-8-2-3-11(10(12)6-8)14-9-4-5-13-7-9/h2-3,6,9H,4-5,7,12H2,1H3. The zero-order valence-electron chi connectivity index (χ0n) is 8.32. The molecule has 2 nitrogen and oxygen atoms in total. The van der Waals surface area contributed by atoms with Gasteiger partial charge in [0.15, 0.2) is 0 Å². The van der Waals surface area contributed by atoms with Crippen molar-refractivity contribution >= 4 is 17.4 Å². The van der Waals surface area contributed by atoms with Crippen LogP contribution in [0.5, 0.6) is 0 Å². The molecule has 0 saturated carbocycles. The summed E-state index contributed by atoms with van der Waals surface area (Å²) in [6, 6.07) is 6.24. The van der Waals surface area contributed by atoms with Gasteiger partial charge in [-0.1, -0.05) is 6.07 Å². The van der Waals surface area contributed by atoms with E-state index in [1.54, 1.807) is 0 Å². The second-order valence-electron chi connectivity index (χ2n) is 3.64. The number of aryl methyl sites for hydroxylation is 1.